The van der Waals surface area contributed by atoms with Crippen LogP contribution in [0.3, 0.4) is 0 Å². The number of para-hydroxylation sites is 1. The van der Waals surface area contributed by atoms with Crippen molar-refractivity contribution in [2.45, 2.75) is 26.3 Å². The van der Waals surface area contributed by atoms with Crippen molar-refractivity contribution in [2.24, 2.45) is 0 Å². The minimum Gasteiger partial charge on any atom is -0.383 e. The molecule has 6 nitrogen and oxygen atoms in total. The molecule has 0 fully saturated rings. The maximum Gasteiger partial charge on any atom is 0.221 e. The molecule has 0 saturated carbocycles. The summed E-state index contributed by atoms with van der Waals surface area (Å²) < 4.78 is 5.31. The zero-order chi connectivity index (χ0) is 20.6. The standard InChI is InChI=1S/C23H28N4O2/c1-17(2)24-21(28)13-14-27(15-16-29-3)23-19-11-7-8-12-20(19)25-22(26-23)18-9-5-4-6-10-18/h4-12,17H,13-16H2,1-3H3,(H,24,28). The van der Waals surface area contributed by atoms with Crippen molar-refractivity contribution in [1.29, 1.82) is 0 Å². The highest BCUT2D eigenvalue weighted by molar-refractivity contribution is 5.91. The number of rotatable bonds is 9. The zero-order valence-corrected chi connectivity index (χ0v) is 17.3. The van der Waals surface area contributed by atoms with Gasteiger partial charge in [-0.2, -0.15) is 0 Å². The van der Waals surface area contributed by atoms with E-state index in [1.165, 1.54) is 0 Å². The molecule has 3 aromatic rings. The van der Waals surface area contributed by atoms with Crippen LogP contribution in [-0.4, -0.2) is 48.7 Å². The molecule has 1 aromatic heterocycles. The number of nitrogens with zero attached hydrogens (tertiary/aromatic N) is 3. The summed E-state index contributed by atoms with van der Waals surface area (Å²) >= 11 is 0. The smallest absolute Gasteiger partial charge is 0.221 e. The van der Waals surface area contributed by atoms with Gasteiger partial charge in [-0.1, -0.05) is 42.5 Å². The van der Waals surface area contributed by atoms with Crippen LogP contribution in [0.15, 0.2) is 54.6 Å². The Morgan fingerprint density at radius 1 is 1.03 bits per heavy atom. The lowest BCUT2D eigenvalue weighted by molar-refractivity contribution is -0.121. The molecule has 6 heteroatoms. The number of nitrogens with one attached hydrogen (secondary N) is 1. The van der Waals surface area contributed by atoms with Gasteiger partial charge in [-0.3, -0.25) is 4.79 Å². The van der Waals surface area contributed by atoms with Gasteiger partial charge >= 0.3 is 0 Å². The first-order valence-corrected chi connectivity index (χ1v) is 9.94. The van der Waals surface area contributed by atoms with Crippen LogP contribution in [0.2, 0.25) is 0 Å². The third kappa shape index (κ3) is 5.51. The van der Waals surface area contributed by atoms with Crippen molar-refractivity contribution in [2.75, 3.05) is 31.7 Å². The van der Waals surface area contributed by atoms with Crippen LogP contribution in [0.1, 0.15) is 20.3 Å². The van der Waals surface area contributed by atoms with Crippen molar-refractivity contribution in [3.63, 3.8) is 0 Å². The molecule has 29 heavy (non-hydrogen) atoms. The Morgan fingerprint density at radius 3 is 2.48 bits per heavy atom. The lowest BCUT2D eigenvalue weighted by Gasteiger charge is -2.25. The van der Waals surface area contributed by atoms with E-state index in [9.17, 15) is 4.79 Å². The van der Waals surface area contributed by atoms with Crippen LogP contribution in [-0.2, 0) is 9.53 Å². The van der Waals surface area contributed by atoms with Gasteiger partial charge in [-0.15, -0.1) is 0 Å². The van der Waals surface area contributed by atoms with Gasteiger partial charge < -0.3 is 15.0 Å². The Labute approximate surface area is 171 Å². The third-order valence-corrected chi connectivity index (χ3v) is 4.54. The van der Waals surface area contributed by atoms with E-state index in [0.717, 1.165) is 22.3 Å². The topological polar surface area (TPSA) is 67.3 Å². The third-order valence-electron chi connectivity index (χ3n) is 4.54. The first kappa shape index (κ1) is 20.7. The summed E-state index contributed by atoms with van der Waals surface area (Å²) in [6.45, 7) is 5.66. The second-order valence-corrected chi connectivity index (χ2v) is 7.21. The van der Waals surface area contributed by atoms with E-state index in [1.807, 2.05) is 68.4 Å². The molecule has 0 aliphatic heterocycles. The zero-order valence-electron chi connectivity index (χ0n) is 17.3. The number of aromatic nitrogens is 2. The summed E-state index contributed by atoms with van der Waals surface area (Å²) in [6, 6.07) is 18.0. The molecule has 1 N–H and O–H groups in total. The molecule has 0 aliphatic carbocycles. The quantitative estimate of drug-likeness (QED) is 0.602. The van der Waals surface area contributed by atoms with Crippen molar-refractivity contribution in [3.05, 3.63) is 54.6 Å². The lowest BCUT2D eigenvalue weighted by Crippen LogP contribution is -2.36. The molecular weight excluding hydrogens is 364 g/mol. The van der Waals surface area contributed by atoms with Crippen molar-refractivity contribution >= 4 is 22.6 Å². The SMILES string of the molecule is COCCN(CCC(=O)NC(C)C)c1nc(-c2ccccc2)nc2ccccc12. The van der Waals surface area contributed by atoms with Gasteiger partial charge in [-0.05, 0) is 26.0 Å². The lowest BCUT2D eigenvalue weighted by atomic mass is 10.1. The van der Waals surface area contributed by atoms with Gasteiger partial charge in [0.05, 0.1) is 12.1 Å². The maximum absolute atomic E-state index is 12.2. The molecule has 1 heterocycles. The minimum atomic E-state index is 0.0315. The number of ether oxygens (including phenoxy) is 1. The predicted molar refractivity (Wildman–Crippen MR) is 117 cm³/mol. The van der Waals surface area contributed by atoms with E-state index >= 15 is 0 Å². The largest absolute Gasteiger partial charge is 0.383 e. The summed E-state index contributed by atoms with van der Waals surface area (Å²) in [5, 5.41) is 3.92. The van der Waals surface area contributed by atoms with Crippen LogP contribution in [0.4, 0.5) is 5.82 Å². The Morgan fingerprint density at radius 2 is 1.76 bits per heavy atom. The van der Waals surface area contributed by atoms with E-state index in [2.05, 4.69) is 10.2 Å². The number of benzene rings is 2. The van der Waals surface area contributed by atoms with Gasteiger partial charge in [0.2, 0.25) is 5.91 Å². The number of carbonyl (C=O) groups excluding carboxylic acids is 1. The Kier molecular flexibility index (Phi) is 7.14. The Bertz CT molecular complexity index is 944. The molecule has 0 spiro atoms. The first-order chi connectivity index (χ1) is 14.1. The summed E-state index contributed by atoms with van der Waals surface area (Å²) in [7, 11) is 1.68. The molecule has 0 saturated heterocycles. The average Bonchev–Trinajstić information content (AvgIpc) is 2.73. The van der Waals surface area contributed by atoms with Crippen molar-refractivity contribution in [3.8, 4) is 11.4 Å². The second-order valence-electron chi connectivity index (χ2n) is 7.21. The van der Waals surface area contributed by atoms with E-state index in [0.29, 0.717) is 31.9 Å². The molecule has 0 aliphatic rings. The van der Waals surface area contributed by atoms with Crippen LogP contribution in [0.25, 0.3) is 22.3 Å². The second kappa shape index (κ2) is 9.98. The number of anilines is 1. The van der Waals surface area contributed by atoms with Gasteiger partial charge in [0.25, 0.3) is 0 Å². The minimum absolute atomic E-state index is 0.0315. The fourth-order valence-electron chi connectivity index (χ4n) is 3.17. The number of methoxy groups -OCH3 is 1. The van der Waals surface area contributed by atoms with Gasteiger partial charge in [0.15, 0.2) is 5.82 Å². The molecule has 152 valence electrons. The van der Waals surface area contributed by atoms with Gasteiger partial charge in [0.1, 0.15) is 5.82 Å². The molecule has 1 amide bonds. The molecule has 2 aromatic carbocycles. The van der Waals surface area contributed by atoms with Gasteiger partial charge in [-0.25, -0.2) is 9.97 Å². The maximum atomic E-state index is 12.2. The molecule has 3 rings (SSSR count). The highest BCUT2D eigenvalue weighted by Crippen LogP contribution is 2.27. The van der Waals surface area contributed by atoms with Crippen LogP contribution in [0.5, 0.6) is 0 Å². The monoisotopic (exact) mass is 392 g/mol. The number of amides is 1. The normalized spacial score (nSPS) is 11.0. The molecule has 0 radical (unpaired) electrons. The van der Waals surface area contributed by atoms with E-state index in [4.69, 9.17) is 14.7 Å². The number of carbonyl (C=O) groups is 1. The molecular formula is C23H28N4O2. The predicted octanol–water partition coefficient (Wildman–Crippen LogP) is 3.66. The van der Waals surface area contributed by atoms with Crippen LogP contribution >= 0.6 is 0 Å². The van der Waals surface area contributed by atoms with E-state index in [1.54, 1.807) is 7.11 Å². The van der Waals surface area contributed by atoms with Crippen LogP contribution in [0, 0.1) is 0 Å². The number of hydrogen-bond acceptors (Lipinski definition) is 5. The van der Waals surface area contributed by atoms with Gasteiger partial charge in [0, 0.05) is 43.6 Å². The molecule has 0 atom stereocenters. The number of hydrogen-bond donors (Lipinski definition) is 1. The molecule has 0 unspecified atom stereocenters. The fourth-order valence-corrected chi connectivity index (χ4v) is 3.17. The van der Waals surface area contributed by atoms with Crippen LogP contribution < -0.4 is 10.2 Å². The van der Waals surface area contributed by atoms with Crippen molar-refractivity contribution < 1.29 is 9.53 Å². The summed E-state index contributed by atoms with van der Waals surface area (Å²) in [5.41, 5.74) is 1.84. The first-order valence-electron chi connectivity index (χ1n) is 9.94. The average molecular weight is 393 g/mol. The van der Waals surface area contributed by atoms with E-state index < -0.39 is 0 Å². The highest BCUT2D eigenvalue weighted by atomic mass is 16.5. The number of fused-ring (bicyclic) bond motifs is 1. The Balaban J connectivity index is 1.98. The summed E-state index contributed by atoms with van der Waals surface area (Å²) in [5.74, 6) is 1.53. The summed E-state index contributed by atoms with van der Waals surface area (Å²) in [4.78, 5) is 24.0. The highest BCUT2D eigenvalue weighted by Gasteiger charge is 2.17. The molecule has 0 bridgehead atoms. The fraction of sp³-hybridized carbons (Fsp3) is 0.348. The Hall–Kier alpha value is -2.99. The van der Waals surface area contributed by atoms with Crippen molar-refractivity contribution in [1.82, 2.24) is 15.3 Å². The van der Waals surface area contributed by atoms with E-state index in [-0.39, 0.29) is 11.9 Å². The summed E-state index contributed by atoms with van der Waals surface area (Å²) in [6.07, 6.45) is 0.390.